The molecule has 0 radical (unpaired) electrons. The first-order chi connectivity index (χ1) is 18.6. The third kappa shape index (κ3) is 8.58. The normalized spacial score (nSPS) is 11.8. The molecule has 2 aromatic carbocycles. The monoisotopic (exact) mass is 571 g/mol. The number of hydrogen-bond acceptors (Lipinski definition) is 6. The van der Waals surface area contributed by atoms with E-state index in [0.29, 0.717) is 59.2 Å². The molecule has 0 aliphatic rings. The number of rotatable bonds is 10. The predicted molar refractivity (Wildman–Crippen MR) is 137 cm³/mol. The van der Waals surface area contributed by atoms with E-state index in [1.54, 1.807) is 26.0 Å². The number of aliphatic carboxylic acids is 1. The summed E-state index contributed by atoms with van der Waals surface area (Å²) in [5.74, 6) is -1.91. The van der Waals surface area contributed by atoms with E-state index in [-0.39, 0.29) is 30.1 Å². The van der Waals surface area contributed by atoms with Crippen LogP contribution in [-0.4, -0.2) is 53.7 Å². The smallest absolute Gasteiger partial charge is 0.486 e. The molecule has 218 valence electrons. The minimum absolute atomic E-state index is 0.0779. The fourth-order valence-electron chi connectivity index (χ4n) is 3.68. The van der Waals surface area contributed by atoms with Crippen molar-refractivity contribution in [3.8, 4) is 11.5 Å². The first-order valence-electron chi connectivity index (χ1n) is 12.0. The van der Waals surface area contributed by atoms with Crippen LogP contribution in [0.5, 0.6) is 11.5 Å². The molecule has 3 aromatic rings. The van der Waals surface area contributed by atoms with E-state index in [4.69, 9.17) is 35.3 Å². The number of oxazole rings is 1. The Kier molecular flexibility index (Phi) is 10.9. The number of carbonyl (C=O) groups is 2. The summed E-state index contributed by atoms with van der Waals surface area (Å²) in [6, 6.07) is 6.41. The number of fused-ring (bicyclic) bond motifs is 1. The number of halogens is 4. The summed E-state index contributed by atoms with van der Waals surface area (Å²) >= 11 is 0. The van der Waals surface area contributed by atoms with Gasteiger partial charge in [0, 0.05) is 6.92 Å². The number of ketones is 1. The molecule has 0 amide bonds. The molecule has 1 heterocycles. The number of nitrogens with two attached hydrogens (primary N) is 2. The number of carbonyl (C=O) groups excluding carboxylic acids is 1. The quantitative estimate of drug-likeness (QED) is 0.0941. The van der Waals surface area contributed by atoms with Gasteiger partial charge in [-0.1, -0.05) is 19.1 Å². The van der Waals surface area contributed by atoms with Crippen molar-refractivity contribution in [2.24, 2.45) is 11.5 Å². The summed E-state index contributed by atoms with van der Waals surface area (Å²) < 4.78 is 62.9. The van der Waals surface area contributed by atoms with Gasteiger partial charge in [-0.25, -0.2) is 14.2 Å². The highest BCUT2D eigenvalue weighted by Crippen LogP contribution is 2.42. The number of nitrogens with zero attached hydrogens (tertiary/aromatic N) is 1. The van der Waals surface area contributed by atoms with E-state index in [1.807, 2.05) is 6.92 Å². The minimum atomic E-state index is -5.08. The molecule has 10 nitrogen and oxygen atoms in total. The van der Waals surface area contributed by atoms with Crippen LogP contribution in [0.25, 0.3) is 11.1 Å². The van der Waals surface area contributed by atoms with Crippen molar-refractivity contribution < 1.29 is 51.1 Å². The molecule has 0 aliphatic heterocycles. The lowest BCUT2D eigenvalue weighted by Crippen LogP contribution is -2.79. The fourth-order valence-corrected chi connectivity index (χ4v) is 3.68. The van der Waals surface area contributed by atoms with E-state index in [1.165, 1.54) is 19.1 Å². The fraction of sp³-hybridized carbons (Fsp3) is 0.385. The third-order valence-electron chi connectivity index (χ3n) is 5.61. The highest BCUT2D eigenvalue weighted by Gasteiger charge is 2.38. The molecule has 0 saturated heterocycles. The van der Waals surface area contributed by atoms with E-state index >= 15 is 0 Å². The summed E-state index contributed by atoms with van der Waals surface area (Å²) in [5, 5.41) is 7.12. The lowest BCUT2D eigenvalue weighted by Gasteiger charge is -2.18. The third-order valence-corrected chi connectivity index (χ3v) is 5.61. The molecule has 3 rings (SSSR count). The molecule has 14 heteroatoms. The van der Waals surface area contributed by atoms with Gasteiger partial charge < -0.3 is 19.0 Å². The highest BCUT2D eigenvalue weighted by molar-refractivity contribution is 6.05. The Hall–Kier alpha value is -4.36. The predicted octanol–water partition coefficient (Wildman–Crippen LogP) is 2.73. The molecule has 1 unspecified atom stereocenters. The average Bonchev–Trinajstić information content (AvgIpc) is 3.25. The van der Waals surface area contributed by atoms with Gasteiger partial charge in [0.05, 0.1) is 18.7 Å². The lowest BCUT2D eigenvalue weighted by atomic mass is 9.98. The zero-order valence-electron chi connectivity index (χ0n) is 22.3. The maximum Gasteiger partial charge on any atom is 0.490 e. The van der Waals surface area contributed by atoms with E-state index in [9.17, 15) is 22.4 Å². The average molecular weight is 572 g/mol. The van der Waals surface area contributed by atoms with Gasteiger partial charge in [0.15, 0.2) is 17.4 Å². The van der Waals surface area contributed by atoms with Crippen molar-refractivity contribution in [1.29, 1.82) is 0 Å². The van der Waals surface area contributed by atoms with Gasteiger partial charge in [-0.05, 0) is 49.4 Å². The first-order valence-corrected chi connectivity index (χ1v) is 12.0. The van der Waals surface area contributed by atoms with Crippen molar-refractivity contribution in [3.63, 3.8) is 0 Å². The van der Waals surface area contributed by atoms with Crippen molar-refractivity contribution in [3.05, 3.63) is 52.7 Å². The topological polar surface area (TPSA) is 165 Å². The SMILES string of the molecule is CC(=O)c1c(OCC[NH+]=C(N)N)c(OCCC(C)c2ccc(F)cc2)c2oc(C)nc2c1C.O=C(O)C(F)(F)F. The molecule has 0 aliphatic carbocycles. The Morgan fingerprint density at radius 2 is 1.68 bits per heavy atom. The summed E-state index contributed by atoms with van der Waals surface area (Å²) in [5.41, 5.74) is 13.9. The minimum Gasteiger partial charge on any atom is -0.486 e. The van der Waals surface area contributed by atoms with Crippen LogP contribution in [0.3, 0.4) is 0 Å². The van der Waals surface area contributed by atoms with Crippen LogP contribution in [0.1, 0.15) is 53.6 Å². The molecular formula is C26H31F4N4O6+. The van der Waals surface area contributed by atoms with Crippen LogP contribution in [-0.2, 0) is 4.79 Å². The van der Waals surface area contributed by atoms with Crippen LogP contribution in [0.2, 0.25) is 0 Å². The number of aromatic nitrogens is 1. The Balaban J connectivity index is 0.000000708. The van der Waals surface area contributed by atoms with Crippen LogP contribution in [0.4, 0.5) is 17.6 Å². The largest absolute Gasteiger partial charge is 0.490 e. The second-order valence-electron chi connectivity index (χ2n) is 8.75. The van der Waals surface area contributed by atoms with Gasteiger partial charge in [0.1, 0.15) is 17.9 Å². The summed E-state index contributed by atoms with van der Waals surface area (Å²) in [4.78, 5) is 28.7. The zero-order valence-corrected chi connectivity index (χ0v) is 22.3. The number of Topliss-reactive ketones (excluding diaryl/α,β-unsaturated/α-hetero) is 1. The maximum atomic E-state index is 13.2. The standard InChI is InChI=1S/C24H29FN4O4.C2HF3O2/c1-13(17-5-7-18(25)8-6-17)9-11-31-23-21(32-12-10-28-24(26)27)19(15(3)30)14(2)20-22(23)33-16(4)29-20;3-2(4,5)1(6)7/h5-8,13H,9-12H2,1-4H3,(H4,26,27,28);(H,6,7)/p+1. The van der Waals surface area contributed by atoms with Crippen molar-refractivity contribution >= 4 is 28.8 Å². The van der Waals surface area contributed by atoms with E-state index in [0.717, 1.165) is 5.56 Å². The van der Waals surface area contributed by atoms with Crippen LogP contribution >= 0.6 is 0 Å². The number of nitrogens with one attached hydrogen (secondary N) is 1. The molecule has 1 atom stereocenters. The maximum absolute atomic E-state index is 13.2. The van der Waals surface area contributed by atoms with Crippen LogP contribution in [0, 0.1) is 19.7 Å². The Bertz CT molecular complexity index is 1370. The number of benzene rings is 2. The molecule has 6 N–H and O–H groups in total. The van der Waals surface area contributed by atoms with Crippen LogP contribution in [0.15, 0.2) is 28.7 Å². The van der Waals surface area contributed by atoms with Gasteiger partial charge >= 0.3 is 18.1 Å². The second-order valence-corrected chi connectivity index (χ2v) is 8.75. The first kappa shape index (κ1) is 31.9. The molecule has 1 aromatic heterocycles. The second kappa shape index (κ2) is 13.6. The van der Waals surface area contributed by atoms with Gasteiger partial charge in [-0.15, -0.1) is 0 Å². The van der Waals surface area contributed by atoms with Crippen molar-refractivity contribution in [2.75, 3.05) is 19.8 Å². The zero-order chi connectivity index (χ0) is 30.2. The highest BCUT2D eigenvalue weighted by atomic mass is 19.4. The number of hydrogen-bond donors (Lipinski definition) is 4. The molecule has 40 heavy (non-hydrogen) atoms. The summed E-state index contributed by atoms with van der Waals surface area (Å²) in [6.45, 7) is 7.91. The number of ether oxygens (including phenoxy) is 2. The van der Waals surface area contributed by atoms with Gasteiger partial charge in [-0.2, -0.15) is 13.2 Å². The number of carboxylic acid groups (broad SMARTS) is 1. The Labute approximate surface area is 227 Å². The Morgan fingerprint density at radius 1 is 1.10 bits per heavy atom. The molecule has 0 fully saturated rings. The molecule has 0 spiro atoms. The number of alkyl halides is 3. The van der Waals surface area contributed by atoms with Crippen molar-refractivity contribution in [2.45, 2.75) is 46.2 Å². The number of aryl methyl sites for hydroxylation is 2. The number of carboxylic acids is 1. The van der Waals surface area contributed by atoms with Gasteiger partial charge in [0.25, 0.3) is 0 Å². The van der Waals surface area contributed by atoms with Crippen molar-refractivity contribution in [1.82, 2.24) is 4.98 Å². The van der Waals surface area contributed by atoms with Gasteiger partial charge in [-0.3, -0.25) is 21.3 Å². The molecule has 0 bridgehead atoms. The number of guanidine groups is 1. The van der Waals surface area contributed by atoms with E-state index < -0.39 is 12.1 Å². The van der Waals surface area contributed by atoms with Crippen LogP contribution < -0.4 is 25.9 Å². The molecule has 0 saturated carbocycles. The summed E-state index contributed by atoms with van der Waals surface area (Å²) in [6.07, 6.45) is -4.43. The van der Waals surface area contributed by atoms with Gasteiger partial charge in [0.2, 0.25) is 11.3 Å². The Morgan fingerprint density at radius 3 is 2.20 bits per heavy atom. The van der Waals surface area contributed by atoms with E-state index in [2.05, 4.69) is 9.98 Å². The summed E-state index contributed by atoms with van der Waals surface area (Å²) in [7, 11) is 0. The molecular weight excluding hydrogens is 540 g/mol. The lowest BCUT2D eigenvalue weighted by molar-refractivity contribution is -0.461.